The van der Waals surface area contributed by atoms with Crippen molar-refractivity contribution in [2.24, 2.45) is 0 Å². The Balaban J connectivity index is 2.63. The first-order chi connectivity index (χ1) is 5.73. The maximum Gasteiger partial charge on any atom is 0.173 e. The highest BCUT2D eigenvalue weighted by Crippen LogP contribution is 2.41. The Bertz CT molecular complexity index is 163. The van der Waals surface area contributed by atoms with Gasteiger partial charge in [-0.2, -0.15) is 0 Å². The molecule has 0 bridgehead atoms. The summed E-state index contributed by atoms with van der Waals surface area (Å²) in [4.78, 5) is 0. The zero-order chi connectivity index (χ0) is 9.03. The molecule has 0 N–H and O–H groups in total. The average molecular weight is 292 g/mol. The van der Waals surface area contributed by atoms with E-state index in [-0.39, 0.29) is 0 Å². The molecule has 2 heteroatoms. The van der Waals surface area contributed by atoms with Gasteiger partial charge in [-0.1, -0.05) is 43.5 Å². The van der Waals surface area contributed by atoms with Crippen molar-refractivity contribution in [2.45, 2.75) is 37.6 Å². The van der Waals surface area contributed by atoms with E-state index in [2.05, 4.69) is 46.4 Å². The van der Waals surface area contributed by atoms with Gasteiger partial charge in [-0.15, -0.1) is 35.0 Å². The predicted molar refractivity (Wildman–Crippen MR) is 67.0 cm³/mol. The molecule has 68 valence electrons. The molecular formula is C10H17ISi. The van der Waals surface area contributed by atoms with E-state index in [1.54, 1.807) is 0 Å². The zero-order valence-electron chi connectivity index (χ0n) is 7.56. The minimum absolute atomic E-state index is 0.918. The maximum atomic E-state index is 3.96. The van der Waals surface area contributed by atoms with Crippen LogP contribution in [0.25, 0.3) is 0 Å². The molecule has 1 fully saturated rings. The van der Waals surface area contributed by atoms with Crippen LogP contribution in [0.5, 0.6) is 0 Å². The van der Waals surface area contributed by atoms with E-state index >= 15 is 0 Å². The summed E-state index contributed by atoms with van der Waals surface area (Å²) in [5.41, 5.74) is 4.00. The number of hydrogen-bond acceptors (Lipinski definition) is 0. The number of halogens is 1. The summed E-state index contributed by atoms with van der Waals surface area (Å²) in [7, 11) is 0. The first kappa shape index (κ1) is 10.5. The van der Waals surface area contributed by atoms with Gasteiger partial charge in [0.1, 0.15) is 0 Å². The van der Waals surface area contributed by atoms with Crippen LogP contribution in [0.15, 0.2) is 24.6 Å². The fraction of sp³-hybridized carbons (Fsp3) is 0.600. The van der Waals surface area contributed by atoms with Crippen LogP contribution < -0.4 is 0 Å². The summed E-state index contributed by atoms with van der Waals surface area (Å²) < 4.78 is 0. The third-order valence-electron chi connectivity index (χ3n) is 2.86. The molecule has 1 aliphatic rings. The van der Waals surface area contributed by atoms with Gasteiger partial charge < -0.3 is 0 Å². The van der Waals surface area contributed by atoms with Gasteiger partial charge in [0, 0.05) is 0 Å². The zero-order valence-corrected chi connectivity index (χ0v) is 10.7. The van der Waals surface area contributed by atoms with E-state index in [1.807, 2.05) is 0 Å². The Kier molecular flexibility index (Phi) is 4.03. The van der Waals surface area contributed by atoms with Crippen LogP contribution in [0.3, 0.4) is 0 Å². The smallest absolute Gasteiger partial charge is 0.107 e. The van der Waals surface area contributed by atoms with E-state index in [0.29, 0.717) is 0 Å². The van der Waals surface area contributed by atoms with E-state index in [1.165, 1.54) is 32.1 Å². The van der Waals surface area contributed by atoms with Crippen molar-refractivity contribution in [1.82, 2.24) is 0 Å². The summed E-state index contributed by atoms with van der Waals surface area (Å²) in [6, 6.07) is 0. The van der Waals surface area contributed by atoms with Gasteiger partial charge in [-0.25, -0.2) is 0 Å². The highest BCUT2D eigenvalue weighted by Gasteiger charge is 2.33. The molecule has 0 aromatic rings. The Morgan fingerprint density at radius 3 is 2.00 bits per heavy atom. The highest BCUT2D eigenvalue weighted by molar-refractivity contribution is 14.1. The molecule has 0 nitrogen and oxygen atoms in total. The number of rotatable bonds is 3. The first-order valence-corrected chi connectivity index (χ1v) is 10.0. The second kappa shape index (κ2) is 4.60. The largest absolute Gasteiger partial charge is 0.173 e. The SMILES string of the molecule is C=C[Si](I)(C=C)C1CCCCC1. The molecule has 0 aromatic carbocycles. The molecule has 0 aliphatic heterocycles. The Morgan fingerprint density at radius 2 is 1.58 bits per heavy atom. The molecule has 0 saturated heterocycles. The van der Waals surface area contributed by atoms with Gasteiger partial charge in [0.2, 0.25) is 0 Å². The van der Waals surface area contributed by atoms with Crippen LogP contribution in [-0.4, -0.2) is 5.57 Å². The van der Waals surface area contributed by atoms with E-state index in [9.17, 15) is 0 Å². The van der Waals surface area contributed by atoms with Gasteiger partial charge in [0.05, 0.1) is 0 Å². The first-order valence-electron chi connectivity index (χ1n) is 4.69. The Morgan fingerprint density at radius 1 is 1.08 bits per heavy atom. The summed E-state index contributed by atoms with van der Waals surface area (Å²) in [6.45, 7) is 7.92. The highest BCUT2D eigenvalue weighted by atomic mass is 127. The third kappa shape index (κ3) is 2.22. The lowest BCUT2D eigenvalue weighted by atomic mass is 10.0. The molecule has 1 saturated carbocycles. The molecular weight excluding hydrogens is 275 g/mol. The average Bonchev–Trinajstić information content (AvgIpc) is 2.18. The van der Waals surface area contributed by atoms with Gasteiger partial charge in [-0.05, 0) is 5.54 Å². The standard InChI is InChI=1S/C10H17ISi/c1-3-12(11,4-2)10-8-6-5-7-9-10/h3-4,10H,1-2,5-9H2. The van der Waals surface area contributed by atoms with E-state index in [0.717, 1.165) is 5.54 Å². The van der Waals surface area contributed by atoms with Crippen LogP contribution >= 0.6 is 21.8 Å². The Hall–Kier alpha value is 0.427. The van der Waals surface area contributed by atoms with Crippen molar-refractivity contribution in [1.29, 1.82) is 0 Å². The molecule has 0 aromatic heterocycles. The lowest BCUT2D eigenvalue weighted by Gasteiger charge is -2.31. The van der Waals surface area contributed by atoms with Crippen LogP contribution in [-0.2, 0) is 0 Å². The van der Waals surface area contributed by atoms with Gasteiger partial charge in [0.15, 0.2) is 5.57 Å². The lowest BCUT2D eigenvalue weighted by molar-refractivity contribution is 0.498. The van der Waals surface area contributed by atoms with Gasteiger partial charge in [0.25, 0.3) is 0 Å². The van der Waals surface area contributed by atoms with Crippen molar-refractivity contribution in [3.05, 3.63) is 24.6 Å². The van der Waals surface area contributed by atoms with Crippen LogP contribution in [0.2, 0.25) is 5.54 Å². The summed E-state index contributed by atoms with van der Waals surface area (Å²) >= 11 is 2.62. The second-order valence-electron chi connectivity index (χ2n) is 3.57. The molecule has 0 unspecified atom stereocenters. The predicted octanol–water partition coefficient (Wildman–Crippen LogP) is 4.15. The molecule has 0 spiro atoms. The molecule has 0 amide bonds. The minimum atomic E-state index is -1.30. The summed E-state index contributed by atoms with van der Waals surface area (Å²) in [5.74, 6) is 0. The van der Waals surface area contributed by atoms with Crippen LogP contribution in [0, 0.1) is 0 Å². The third-order valence-corrected chi connectivity index (χ3v) is 11.2. The summed E-state index contributed by atoms with van der Waals surface area (Å²) in [5, 5.41) is 0. The van der Waals surface area contributed by atoms with Crippen LogP contribution in [0.4, 0.5) is 0 Å². The van der Waals surface area contributed by atoms with Crippen molar-refractivity contribution in [2.75, 3.05) is 0 Å². The fourth-order valence-electron chi connectivity index (χ4n) is 1.96. The molecule has 1 aliphatic carbocycles. The van der Waals surface area contributed by atoms with Crippen molar-refractivity contribution in [3.8, 4) is 0 Å². The molecule has 0 heterocycles. The Labute approximate surface area is 89.4 Å². The molecule has 1 rings (SSSR count). The van der Waals surface area contributed by atoms with E-state index < -0.39 is 5.57 Å². The fourth-order valence-corrected chi connectivity index (χ4v) is 5.96. The van der Waals surface area contributed by atoms with Gasteiger partial charge >= 0.3 is 0 Å². The molecule has 0 atom stereocenters. The maximum absolute atomic E-state index is 3.96. The van der Waals surface area contributed by atoms with Crippen LogP contribution in [0.1, 0.15) is 32.1 Å². The molecule has 0 radical (unpaired) electrons. The normalized spacial score (nSPS) is 20.4. The van der Waals surface area contributed by atoms with Crippen molar-refractivity contribution in [3.63, 3.8) is 0 Å². The topological polar surface area (TPSA) is 0 Å². The quantitative estimate of drug-likeness (QED) is 0.416. The number of hydrogen-bond donors (Lipinski definition) is 0. The molecule has 12 heavy (non-hydrogen) atoms. The second-order valence-corrected chi connectivity index (χ2v) is 12.5. The minimum Gasteiger partial charge on any atom is -0.107 e. The van der Waals surface area contributed by atoms with Crippen molar-refractivity contribution < 1.29 is 0 Å². The van der Waals surface area contributed by atoms with Gasteiger partial charge in [-0.3, -0.25) is 0 Å². The summed E-state index contributed by atoms with van der Waals surface area (Å²) in [6.07, 6.45) is 7.10. The monoisotopic (exact) mass is 292 g/mol. The van der Waals surface area contributed by atoms with Crippen molar-refractivity contribution >= 4 is 27.4 Å². The lowest BCUT2D eigenvalue weighted by Crippen LogP contribution is -2.29. The van der Waals surface area contributed by atoms with E-state index in [4.69, 9.17) is 0 Å².